The first-order valence-electron chi connectivity index (χ1n) is 4.65. The lowest BCUT2D eigenvalue weighted by atomic mass is 10.5. The number of sulfonamides is 1. The van der Waals surface area contributed by atoms with Crippen LogP contribution in [0.25, 0.3) is 0 Å². The van der Waals surface area contributed by atoms with Gasteiger partial charge in [-0.15, -0.1) is 0 Å². The number of methoxy groups -OCH3 is 1. The molecule has 0 radical (unpaired) electrons. The van der Waals surface area contributed by atoms with E-state index >= 15 is 0 Å². The highest BCUT2D eigenvalue weighted by atomic mass is 32.2. The Morgan fingerprint density at radius 3 is 2.81 bits per heavy atom. The minimum atomic E-state index is -3.50. The minimum absolute atomic E-state index is 0.138. The summed E-state index contributed by atoms with van der Waals surface area (Å²) in [4.78, 5) is 3.88. The Bertz CT molecular complexity index is 447. The van der Waals surface area contributed by atoms with Crippen molar-refractivity contribution in [3.8, 4) is 0 Å². The molecule has 16 heavy (non-hydrogen) atoms. The maximum atomic E-state index is 12.0. The second-order valence-corrected chi connectivity index (χ2v) is 5.28. The average Bonchev–Trinajstić information content (AvgIpc) is 2.25. The number of nitrogens with two attached hydrogens (primary N) is 1. The summed E-state index contributed by atoms with van der Waals surface area (Å²) < 4.78 is 30.0. The number of hydrogen-bond acceptors (Lipinski definition) is 5. The summed E-state index contributed by atoms with van der Waals surface area (Å²) in [5, 5.41) is 0. The van der Waals surface area contributed by atoms with E-state index in [1.807, 2.05) is 0 Å². The molecule has 1 heterocycles. The molecule has 0 saturated carbocycles. The number of ether oxygens (including phenoxy) is 1. The van der Waals surface area contributed by atoms with Gasteiger partial charge in [0.05, 0.1) is 11.5 Å². The fraction of sp³-hybridized carbons (Fsp3) is 0.444. The molecule has 0 unspecified atom stereocenters. The van der Waals surface area contributed by atoms with Crippen LogP contribution in [0, 0.1) is 0 Å². The van der Waals surface area contributed by atoms with Gasteiger partial charge >= 0.3 is 0 Å². The predicted octanol–water partition coefficient (Wildman–Crippen LogP) is -0.0693. The molecule has 1 aromatic rings. The SMILES string of the molecule is COCCN(C)S(=O)(=O)c1ccnc(N)c1. The third-order valence-electron chi connectivity index (χ3n) is 2.07. The monoisotopic (exact) mass is 245 g/mol. The highest BCUT2D eigenvalue weighted by molar-refractivity contribution is 7.89. The van der Waals surface area contributed by atoms with E-state index in [-0.39, 0.29) is 10.7 Å². The molecule has 1 rings (SSSR count). The van der Waals surface area contributed by atoms with Gasteiger partial charge in [-0.1, -0.05) is 0 Å². The van der Waals surface area contributed by atoms with Crippen LogP contribution in [0.15, 0.2) is 23.2 Å². The minimum Gasteiger partial charge on any atom is -0.384 e. The topological polar surface area (TPSA) is 85.5 Å². The molecule has 0 saturated heterocycles. The molecular weight excluding hydrogens is 230 g/mol. The second kappa shape index (κ2) is 5.24. The maximum absolute atomic E-state index is 12.0. The quantitative estimate of drug-likeness (QED) is 0.785. The van der Waals surface area contributed by atoms with Crippen LogP contribution in [-0.2, 0) is 14.8 Å². The summed E-state index contributed by atoms with van der Waals surface area (Å²) in [5.41, 5.74) is 5.44. The smallest absolute Gasteiger partial charge is 0.243 e. The Morgan fingerprint density at radius 2 is 2.25 bits per heavy atom. The summed E-state index contributed by atoms with van der Waals surface area (Å²) in [5.74, 6) is 0.182. The molecule has 7 heteroatoms. The number of rotatable bonds is 5. The van der Waals surface area contributed by atoms with E-state index in [0.29, 0.717) is 13.2 Å². The standard InChI is InChI=1S/C9H15N3O3S/c1-12(5-6-15-2)16(13,14)8-3-4-11-9(10)7-8/h3-4,7H,5-6H2,1-2H3,(H2,10,11). The van der Waals surface area contributed by atoms with E-state index < -0.39 is 10.0 Å². The fourth-order valence-corrected chi connectivity index (χ4v) is 2.29. The van der Waals surface area contributed by atoms with Crippen LogP contribution in [0.1, 0.15) is 0 Å². The van der Waals surface area contributed by atoms with E-state index in [1.165, 1.54) is 36.8 Å². The van der Waals surface area contributed by atoms with Crippen LogP contribution in [0.2, 0.25) is 0 Å². The van der Waals surface area contributed by atoms with Crippen LogP contribution in [0.5, 0.6) is 0 Å². The lowest BCUT2D eigenvalue weighted by Gasteiger charge is -2.16. The Hall–Kier alpha value is -1.18. The number of nitrogen functional groups attached to an aromatic ring is 1. The van der Waals surface area contributed by atoms with E-state index in [4.69, 9.17) is 10.5 Å². The van der Waals surface area contributed by atoms with Crippen molar-refractivity contribution in [1.82, 2.24) is 9.29 Å². The molecular formula is C9H15N3O3S. The molecule has 0 aliphatic carbocycles. The number of nitrogens with zero attached hydrogens (tertiary/aromatic N) is 2. The Morgan fingerprint density at radius 1 is 1.56 bits per heavy atom. The molecule has 6 nitrogen and oxygen atoms in total. The molecule has 0 aliphatic rings. The fourth-order valence-electron chi connectivity index (χ4n) is 1.11. The highest BCUT2D eigenvalue weighted by Gasteiger charge is 2.20. The number of likely N-dealkylation sites (N-methyl/N-ethyl adjacent to an activating group) is 1. The number of hydrogen-bond donors (Lipinski definition) is 1. The third-order valence-corrected chi connectivity index (χ3v) is 3.92. The van der Waals surface area contributed by atoms with Crippen LogP contribution >= 0.6 is 0 Å². The van der Waals surface area contributed by atoms with E-state index in [0.717, 1.165) is 0 Å². The van der Waals surface area contributed by atoms with Crippen molar-refractivity contribution in [1.29, 1.82) is 0 Å². The van der Waals surface area contributed by atoms with Crippen molar-refractivity contribution in [2.75, 3.05) is 33.0 Å². The van der Waals surface area contributed by atoms with Crippen molar-refractivity contribution in [2.45, 2.75) is 4.90 Å². The molecule has 0 aliphatic heterocycles. The Balaban J connectivity index is 2.93. The molecule has 0 spiro atoms. The van der Waals surface area contributed by atoms with Crippen LogP contribution < -0.4 is 5.73 Å². The van der Waals surface area contributed by atoms with Crippen molar-refractivity contribution in [2.24, 2.45) is 0 Å². The summed E-state index contributed by atoms with van der Waals surface area (Å²) in [6.45, 7) is 0.636. The summed E-state index contributed by atoms with van der Waals surface area (Å²) >= 11 is 0. The second-order valence-electron chi connectivity index (χ2n) is 3.24. The van der Waals surface area contributed by atoms with E-state index in [1.54, 1.807) is 0 Å². The van der Waals surface area contributed by atoms with Crippen LogP contribution in [0.4, 0.5) is 5.82 Å². The zero-order valence-electron chi connectivity index (χ0n) is 9.25. The van der Waals surface area contributed by atoms with Gasteiger partial charge in [0, 0.05) is 33.0 Å². The Kier molecular flexibility index (Phi) is 4.22. The first-order chi connectivity index (χ1) is 7.48. The number of pyridine rings is 1. The zero-order valence-corrected chi connectivity index (χ0v) is 10.1. The lowest BCUT2D eigenvalue weighted by Crippen LogP contribution is -2.30. The van der Waals surface area contributed by atoms with E-state index in [9.17, 15) is 8.42 Å². The van der Waals surface area contributed by atoms with Gasteiger partial charge in [-0.3, -0.25) is 0 Å². The van der Waals surface area contributed by atoms with Crippen LogP contribution in [-0.4, -0.2) is 45.0 Å². The molecule has 0 amide bonds. The lowest BCUT2D eigenvalue weighted by molar-refractivity contribution is 0.185. The van der Waals surface area contributed by atoms with Gasteiger partial charge in [0.1, 0.15) is 5.82 Å². The summed E-state index contributed by atoms with van der Waals surface area (Å²) in [6, 6.07) is 2.74. The third kappa shape index (κ3) is 2.91. The Labute approximate surface area is 95.1 Å². The van der Waals surface area contributed by atoms with Gasteiger partial charge in [0.2, 0.25) is 10.0 Å². The summed E-state index contributed by atoms with van der Waals surface area (Å²) in [7, 11) is -0.491. The molecule has 0 atom stereocenters. The molecule has 0 bridgehead atoms. The van der Waals surface area contributed by atoms with Gasteiger partial charge in [-0.2, -0.15) is 4.31 Å². The number of anilines is 1. The van der Waals surface area contributed by atoms with Gasteiger partial charge in [-0.25, -0.2) is 13.4 Å². The number of aromatic nitrogens is 1. The molecule has 2 N–H and O–H groups in total. The average molecular weight is 245 g/mol. The van der Waals surface area contributed by atoms with Gasteiger partial charge in [-0.05, 0) is 6.07 Å². The van der Waals surface area contributed by atoms with Crippen molar-refractivity contribution < 1.29 is 13.2 Å². The molecule has 90 valence electrons. The van der Waals surface area contributed by atoms with E-state index in [2.05, 4.69) is 4.98 Å². The van der Waals surface area contributed by atoms with Crippen molar-refractivity contribution in [3.05, 3.63) is 18.3 Å². The predicted molar refractivity (Wildman–Crippen MR) is 60.3 cm³/mol. The largest absolute Gasteiger partial charge is 0.384 e. The first kappa shape index (κ1) is 12.9. The molecule has 1 aromatic heterocycles. The molecule has 0 fully saturated rings. The van der Waals surface area contributed by atoms with Crippen molar-refractivity contribution >= 4 is 15.8 Å². The molecule has 0 aromatic carbocycles. The van der Waals surface area contributed by atoms with Gasteiger partial charge in [0.15, 0.2) is 0 Å². The highest BCUT2D eigenvalue weighted by Crippen LogP contribution is 2.14. The first-order valence-corrected chi connectivity index (χ1v) is 6.09. The van der Waals surface area contributed by atoms with Crippen molar-refractivity contribution in [3.63, 3.8) is 0 Å². The van der Waals surface area contributed by atoms with Crippen LogP contribution in [0.3, 0.4) is 0 Å². The normalized spacial score (nSPS) is 11.9. The van der Waals surface area contributed by atoms with Gasteiger partial charge in [0.25, 0.3) is 0 Å². The summed E-state index contributed by atoms with van der Waals surface area (Å²) in [6.07, 6.45) is 1.37. The zero-order chi connectivity index (χ0) is 12.2. The maximum Gasteiger partial charge on any atom is 0.243 e. The van der Waals surface area contributed by atoms with Gasteiger partial charge < -0.3 is 10.5 Å².